The van der Waals surface area contributed by atoms with Gasteiger partial charge in [0.2, 0.25) is 0 Å². The first kappa shape index (κ1) is 19.8. The summed E-state index contributed by atoms with van der Waals surface area (Å²) in [5.41, 5.74) is 3.11. The van der Waals surface area contributed by atoms with Crippen LogP contribution in [0, 0.1) is 12.5 Å². The van der Waals surface area contributed by atoms with Crippen LogP contribution in [-0.2, 0) is 4.74 Å². The average molecular weight is 356 g/mol. The Kier molecular flexibility index (Phi) is 6.64. The number of aromatic amines is 1. The summed E-state index contributed by atoms with van der Waals surface area (Å²) in [5, 5.41) is 3.92. The lowest BCUT2D eigenvalue weighted by Crippen LogP contribution is -2.34. The van der Waals surface area contributed by atoms with Gasteiger partial charge in [-0.15, -0.1) is 0 Å². The highest BCUT2D eigenvalue weighted by molar-refractivity contribution is 5.87. The minimum Gasteiger partial charge on any atom is -0.450 e. The van der Waals surface area contributed by atoms with Crippen LogP contribution in [0.5, 0.6) is 0 Å². The number of hydrogen-bond acceptors (Lipinski definition) is 3. The van der Waals surface area contributed by atoms with E-state index in [1.165, 1.54) is 17.4 Å². The number of carbonyl (C=O) groups is 1. The van der Waals surface area contributed by atoms with Gasteiger partial charge < -0.3 is 19.9 Å². The van der Waals surface area contributed by atoms with Gasteiger partial charge in [-0.1, -0.05) is 13.5 Å². The van der Waals surface area contributed by atoms with E-state index in [2.05, 4.69) is 33.3 Å². The molecule has 2 N–H and O–H groups in total. The van der Waals surface area contributed by atoms with E-state index in [1.54, 1.807) is 6.92 Å². The maximum absolute atomic E-state index is 11.3. The molecule has 1 fully saturated rings. The number of nitrogens with zero attached hydrogens (tertiary/aromatic N) is 2. The molecule has 1 saturated carbocycles. The Bertz CT molecular complexity index is 793. The number of rotatable bonds is 7. The molecule has 0 spiro atoms. The molecule has 2 aromatic rings. The molecule has 2 atom stereocenters. The van der Waals surface area contributed by atoms with E-state index in [0.29, 0.717) is 30.7 Å². The van der Waals surface area contributed by atoms with E-state index in [1.807, 2.05) is 18.2 Å². The summed E-state index contributed by atoms with van der Waals surface area (Å²) >= 11 is 0. The summed E-state index contributed by atoms with van der Waals surface area (Å²) in [5.74, 6) is 1.18. The summed E-state index contributed by atoms with van der Waals surface area (Å²) in [4.78, 5) is 20.4. The summed E-state index contributed by atoms with van der Waals surface area (Å²) in [6, 6.07) is 5.82. The number of carbonyl (C=O) groups excluding carboxylic acids is 1. The molecule has 6 nitrogen and oxygen atoms in total. The Morgan fingerprint density at radius 2 is 2.31 bits per heavy atom. The molecule has 0 radical (unpaired) electrons. The van der Waals surface area contributed by atoms with Gasteiger partial charge in [-0.05, 0) is 55.3 Å². The van der Waals surface area contributed by atoms with Gasteiger partial charge in [-0.3, -0.25) is 0 Å². The molecule has 2 unspecified atom stereocenters. The number of hydrogen-bond donors (Lipinski definition) is 2. The monoisotopic (exact) mass is 356 g/mol. The zero-order valence-electron chi connectivity index (χ0n) is 14.7. The van der Waals surface area contributed by atoms with Crippen LogP contribution in [0.25, 0.3) is 15.7 Å². The van der Waals surface area contributed by atoms with Gasteiger partial charge in [0.25, 0.3) is 0 Å². The maximum Gasteiger partial charge on any atom is 0.407 e. The molecule has 1 aliphatic carbocycles. The van der Waals surface area contributed by atoms with Crippen molar-refractivity contribution < 1.29 is 9.53 Å². The van der Waals surface area contributed by atoms with Crippen LogP contribution in [0.15, 0.2) is 24.4 Å². The number of nitrogens with one attached hydrogen (secondary N) is 2. The molecule has 0 bridgehead atoms. The second-order valence-electron chi connectivity index (χ2n) is 6.60. The molecule has 26 heavy (non-hydrogen) atoms. The fourth-order valence-corrected chi connectivity index (χ4v) is 3.36. The van der Waals surface area contributed by atoms with Gasteiger partial charge in [-0.2, -0.15) is 0 Å². The number of H-pyrrole nitrogens is 1. The predicted octanol–water partition coefficient (Wildman–Crippen LogP) is 4.14. The molecule has 6 heteroatoms. The van der Waals surface area contributed by atoms with Crippen LogP contribution in [-0.4, -0.2) is 49.3 Å². The molecular formula is C20H28N4O2. The van der Waals surface area contributed by atoms with Crippen LogP contribution < -0.4 is 5.32 Å². The fourth-order valence-electron chi connectivity index (χ4n) is 3.36. The smallest absolute Gasteiger partial charge is 0.407 e. The van der Waals surface area contributed by atoms with Crippen molar-refractivity contribution in [3.63, 3.8) is 0 Å². The van der Waals surface area contributed by atoms with Crippen LogP contribution in [0.1, 0.15) is 32.3 Å². The van der Waals surface area contributed by atoms with Crippen LogP contribution in [0.2, 0.25) is 0 Å². The van der Waals surface area contributed by atoms with Crippen molar-refractivity contribution in [3.8, 4) is 0 Å². The Balaban J connectivity index is 0.00000243. The van der Waals surface area contributed by atoms with Gasteiger partial charge in [-0.25, -0.2) is 9.64 Å². The average Bonchev–Trinajstić information content (AvgIpc) is 3.21. The highest BCUT2D eigenvalue weighted by atomic mass is 16.5. The predicted molar refractivity (Wildman–Crippen MR) is 105 cm³/mol. The van der Waals surface area contributed by atoms with E-state index < -0.39 is 0 Å². The first-order valence-corrected chi connectivity index (χ1v) is 8.70. The van der Waals surface area contributed by atoms with E-state index in [9.17, 15) is 4.79 Å². The number of fused-ring (bicyclic) bond motifs is 1. The number of ether oxygens (including phenoxy) is 1. The second-order valence-corrected chi connectivity index (χ2v) is 6.60. The molecule has 140 valence electrons. The molecule has 3 rings (SSSR count). The Hall–Kier alpha value is -2.52. The minimum absolute atomic E-state index is 0. The highest BCUT2D eigenvalue weighted by Gasteiger charge is 2.40. The fraction of sp³-hybridized carbons (Fsp3) is 0.500. The van der Waals surface area contributed by atoms with Crippen molar-refractivity contribution in [1.29, 1.82) is 0 Å². The highest BCUT2D eigenvalue weighted by Crippen LogP contribution is 2.50. The van der Waals surface area contributed by atoms with Crippen molar-refractivity contribution in [2.45, 2.75) is 26.7 Å². The molecular weight excluding hydrogens is 328 g/mol. The Morgan fingerprint density at radius 1 is 1.50 bits per heavy atom. The SMILES string of the molecule is C.[C-]#[N+]c1ccc2[nH]cc(C3CC3CN(C)CCNC(=O)OCC)c2c1. The number of benzene rings is 1. The molecule has 0 aliphatic heterocycles. The maximum atomic E-state index is 11.3. The quantitative estimate of drug-likeness (QED) is 0.733. The first-order chi connectivity index (χ1) is 12.1. The van der Waals surface area contributed by atoms with Gasteiger partial charge in [0.05, 0.1) is 13.2 Å². The topological polar surface area (TPSA) is 61.7 Å². The second kappa shape index (κ2) is 8.72. The van der Waals surface area contributed by atoms with Gasteiger partial charge >= 0.3 is 6.09 Å². The molecule has 1 aromatic heterocycles. The number of likely N-dealkylation sites (N-methyl/N-ethyl adjacent to an activating group) is 1. The zero-order valence-corrected chi connectivity index (χ0v) is 14.7. The summed E-state index contributed by atoms with van der Waals surface area (Å²) in [6.45, 7) is 11.8. The third kappa shape index (κ3) is 4.55. The third-order valence-electron chi connectivity index (χ3n) is 4.73. The standard InChI is InChI=1S/C19H24N4O2.CH4/c1-4-25-19(24)21-7-8-23(3)12-13-9-15(13)17-11-22-18-6-5-14(20-2)10-16(17)18;/h5-6,10-11,13,15,22H,4,7-9,12H2,1,3H3,(H,21,24);1H4. The Labute approximate surface area is 155 Å². The summed E-state index contributed by atoms with van der Waals surface area (Å²) in [6.07, 6.45) is 2.91. The summed E-state index contributed by atoms with van der Waals surface area (Å²) in [7, 11) is 2.08. The van der Waals surface area contributed by atoms with Crippen LogP contribution in [0.4, 0.5) is 10.5 Å². The zero-order chi connectivity index (χ0) is 17.8. The van der Waals surface area contributed by atoms with Gasteiger partial charge in [0.1, 0.15) is 0 Å². The molecule has 1 amide bonds. The van der Waals surface area contributed by atoms with Crippen molar-refractivity contribution in [2.24, 2.45) is 5.92 Å². The number of amides is 1. The Morgan fingerprint density at radius 3 is 3.04 bits per heavy atom. The van der Waals surface area contributed by atoms with E-state index in [-0.39, 0.29) is 13.5 Å². The molecule has 1 heterocycles. The number of aromatic nitrogens is 1. The van der Waals surface area contributed by atoms with Crippen LogP contribution >= 0.6 is 0 Å². The van der Waals surface area contributed by atoms with E-state index in [0.717, 1.165) is 18.6 Å². The minimum atomic E-state index is -0.352. The number of alkyl carbamates (subject to hydrolysis) is 1. The van der Waals surface area contributed by atoms with Crippen LogP contribution in [0.3, 0.4) is 0 Å². The third-order valence-corrected chi connectivity index (χ3v) is 4.73. The van der Waals surface area contributed by atoms with Gasteiger partial charge in [0.15, 0.2) is 5.69 Å². The molecule has 0 saturated heterocycles. The summed E-state index contributed by atoms with van der Waals surface area (Å²) < 4.78 is 4.85. The first-order valence-electron chi connectivity index (χ1n) is 8.70. The lowest BCUT2D eigenvalue weighted by atomic mass is 10.1. The normalized spacial score (nSPS) is 18.2. The lowest BCUT2D eigenvalue weighted by Gasteiger charge is -2.16. The van der Waals surface area contributed by atoms with Crippen molar-refractivity contribution >= 4 is 22.7 Å². The molecule has 1 aromatic carbocycles. The van der Waals surface area contributed by atoms with Gasteiger partial charge in [0, 0.05) is 31.3 Å². The van der Waals surface area contributed by atoms with Crippen molar-refractivity contribution in [2.75, 3.05) is 33.3 Å². The van der Waals surface area contributed by atoms with E-state index in [4.69, 9.17) is 11.3 Å². The van der Waals surface area contributed by atoms with Crippen molar-refractivity contribution in [1.82, 2.24) is 15.2 Å². The largest absolute Gasteiger partial charge is 0.450 e. The van der Waals surface area contributed by atoms with Crippen molar-refractivity contribution in [3.05, 3.63) is 41.4 Å². The molecule has 1 aliphatic rings. The lowest BCUT2D eigenvalue weighted by molar-refractivity contribution is 0.151. The van der Waals surface area contributed by atoms with E-state index >= 15 is 0 Å².